The fraction of sp³-hybridized carbons (Fsp3) is 0.697. The first kappa shape index (κ1) is 34.8. The molecule has 1 amide bonds. The highest BCUT2D eigenvalue weighted by molar-refractivity contribution is 5.73. The van der Waals surface area contributed by atoms with E-state index in [0.29, 0.717) is 12.8 Å². The average Bonchev–Trinajstić information content (AvgIpc) is 3.14. The maximum atomic E-state index is 12.1. The normalized spacial score (nSPS) is 36.0. The van der Waals surface area contributed by atoms with E-state index in [0.717, 1.165) is 5.57 Å². The third-order valence-electron chi connectivity index (χ3n) is 9.69. The standard InChI is InChI=1S/C33H53NO7/c1-10-11-13-17(2)31(41-33(34)39)23(8)28(35)19(4)16-18(3)27-22(7)29(36)20(5)25(27)14-12-15-26-21(6)30(37)24(9)32(38)40-26/h10-14,17,19-31,35-37H,1,3,15-16H2,2,4-9H3,(H2,34,39)/b13-11-,14-12+/t17-,19-,20-,21-,22-,23-,24+,25+,26+,27+,28+,29-,30-,31-/m0/s1. The molecule has 0 radical (unpaired) electrons. The van der Waals surface area contributed by atoms with Crippen LogP contribution >= 0.6 is 0 Å². The van der Waals surface area contributed by atoms with Crippen molar-refractivity contribution >= 4 is 12.1 Å². The Morgan fingerprint density at radius 3 is 2.32 bits per heavy atom. The van der Waals surface area contributed by atoms with E-state index in [2.05, 4.69) is 19.2 Å². The number of nitrogens with two attached hydrogens (primary N) is 1. The van der Waals surface area contributed by atoms with Gasteiger partial charge in [0.05, 0.1) is 24.2 Å². The van der Waals surface area contributed by atoms with Gasteiger partial charge in [0.2, 0.25) is 0 Å². The summed E-state index contributed by atoms with van der Waals surface area (Å²) in [6.45, 7) is 21.4. The van der Waals surface area contributed by atoms with Crippen molar-refractivity contribution in [1.29, 1.82) is 0 Å². The molecule has 41 heavy (non-hydrogen) atoms. The number of cyclic esters (lactones) is 1. The van der Waals surface area contributed by atoms with E-state index in [1.165, 1.54) is 0 Å². The minimum absolute atomic E-state index is 0.00902. The van der Waals surface area contributed by atoms with Crippen molar-refractivity contribution in [2.24, 2.45) is 59.0 Å². The van der Waals surface area contributed by atoms with E-state index in [4.69, 9.17) is 15.2 Å². The fourth-order valence-electron chi connectivity index (χ4n) is 6.92. The van der Waals surface area contributed by atoms with Crippen LogP contribution in [0, 0.1) is 53.3 Å². The largest absolute Gasteiger partial charge is 0.461 e. The molecule has 0 aromatic heterocycles. The molecule has 14 atom stereocenters. The number of rotatable bonds is 13. The van der Waals surface area contributed by atoms with Gasteiger partial charge in [-0.05, 0) is 42.9 Å². The van der Waals surface area contributed by atoms with Gasteiger partial charge in [-0.25, -0.2) is 4.79 Å². The number of carbonyl (C=O) groups is 2. The lowest BCUT2D eigenvalue weighted by atomic mass is 9.76. The van der Waals surface area contributed by atoms with Crippen molar-refractivity contribution in [3.05, 3.63) is 49.1 Å². The lowest BCUT2D eigenvalue weighted by Crippen LogP contribution is -2.46. The highest BCUT2D eigenvalue weighted by atomic mass is 16.6. The summed E-state index contributed by atoms with van der Waals surface area (Å²) in [6, 6.07) is 0. The summed E-state index contributed by atoms with van der Waals surface area (Å²) in [5, 5.41) is 32.7. The van der Waals surface area contributed by atoms with Crippen molar-refractivity contribution in [2.45, 2.75) is 91.8 Å². The predicted molar refractivity (Wildman–Crippen MR) is 160 cm³/mol. The second kappa shape index (κ2) is 15.2. The number of esters is 1. The zero-order valence-corrected chi connectivity index (χ0v) is 25.9. The monoisotopic (exact) mass is 575 g/mol. The molecule has 0 spiro atoms. The highest BCUT2D eigenvalue weighted by Crippen LogP contribution is 2.47. The Kier molecular flexibility index (Phi) is 12.9. The molecule has 1 heterocycles. The molecule has 1 aliphatic heterocycles. The molecule has 1 saturated heterocycles. The van der Waals surface area contributed by atoms with Gasteiger partial charge >= 0.3 is 12.1 Å². The fourth-order valence-corrected chi connectivity index (χ4v) is 6.92. The van der Waals surface area contributed by atoms with Crippen LogP contribution in [0.25, 0.3) is 0 Å². The Balaban J connectivity index is 2.14. The van der Waals surface area contributed by atoms with Gasteiger partial charge in [-0.2, -0.15) is 0 Å². The molecule has 232 valence electrons. The van der Waals surface area contributed by atoms with Gasteiger partial charge in [-0.15, -0.1) is 0 Å². The third kappa shape index (κ3) is 8.33. The highest BCUT2D eigenvalue weighted by Gasteiger charge is 2.46. The van der Waals surface area contributed by atoms with E-state index < -0.39 is 48.4 Å². The van der Waals surface area contributed by atoms with E-state index in [-0.39, 0.29) is 47.4 Å². The number of allylic oxidation sites excluding steroid dienone is 4. The SMILES string of the molecule is C=C/C=C\[C@H](C)[C@H](OC(N)=O)[C@@H](C)[C@H](O)[C@@H](C)CC(=C)[C@@H]1[C@H](C)[C@@H](O)[C@@H](C)[C@H]1/C=C/C[C@H]1OC(=O)[C@H](C)[C@@H](O)[C@H]1C. The van der Waals surface area contributed by atoms with Crippen molar-refractivity contribution in [3.63, 3.8) is 0 Å². The Bertz CT molecular complexity index is 977. The zero-order chi connectivity index (χ0) is 31.2. The number of aliphatic hydroxyl groups is 3. The van der Waals surface area contributed by atoms with E-state index in [9.17, 15) is 24.9 Å². The van der Waals surface area contributed by atoms with Crippen LogP contribution in [0.15, 0.2) is 49.1 Å². The quantitative estimate of drug-likeness (QED) is 0.141. The number of ether oxygens (including phenoxy) is 2. The Labute approximate surface area is 246 Å². The van der Waals surface area contributed by atoms with E-state index in [1.807, 2.05) is 53.7 Å². The first-order valence-electron chi connectivity index (χ1n) is 15.0. The molecule has 8 nitrogen and oxygen atoms in total. The number of hydrogen-bond acceptors (Lipinski definition) is 7. The van der Waals surface area contributed by atoms with Crippen LogP contribution < -0.4 is 5.73 Å². The summed E-state index contributed by atoms with van der Waals surface area (Å²) in [4.78, 5) is 23.7. The predicted octanol–water partition coefficient (Wildman–Crippen LogP) is 4.79. The summed E-state index contributed by atoms with van der Waals surface area (Å²) in [5.74, 6) is -1.89. The Morgan fingerprint density at radius 2 is 1.73 bits per heavy atom. The first-order valence-corrected chi connectivity index (χ1v) is 15.0. The zero-order valence-electron chi connectivity index (χ0n) is 25.9. The smallest absolute Gasteiger partial charge is 0.404 e. The number of primary amides is 1. The maximum Gasteiger partial charge on any atom is 0.404 e. The Hall–Kier alpha value is -2.42. The summed E-state index contributed by atoms with van der Waals surface area (Å²) < 4.78 is 11.0. The summed E-state index contributed by atoms with van der Waals surface area (Å²) in [5.41, 5.74) is 6.29. The molecule has 8 heteroatoms. The molecule has 2 fully saturated rings. The molecule has 0 unspecified atom stereocenters. The van der Waals surface area contributed by atoms with Crippen molar-refractivity contribution in [3.8, 4) is 0 Å². The van der Waals surface area contributed by atoms with Crippen molar-refractivity contribution in [1.82, 2.24) is 0 Å². The van der Waals surface area contributed by atoms with Crippen LogP contribution in [0.4, 0.5) is 4.79 Å². The number of amides is 1. The van der Waals surface area contributed by atoms with Gasteiger partial charge in [-0.3, -0.25) is 4.79 Å². The third-order valence-corrected chi connectivity index (χ3v) is 9.69. The van der Waals surface area contributed by atoms with Gasteiger partial charge in [-0.1, -0.05) is 90.7 Å². The second-order valence-corrected chi connectivity index (χ2v) is 12.7. The molecule has 0 bridgehead atoms. The van der Waals surface area contributed by atoms with Crippen LogP contribution in [0.1, 0.15) is 61.3 Å². The van der Waals surface area contributed by atoms with Crippen LogP contribution in [-0.4, -0.2) is 57.9 Å². The van der Waals surface area contributed by atoms with Crippen LogP contribution in [0.3, 0.4) is 0 Å². The first-order chi connectivity index (χ1) is 19.1. The minimum Gasteiger partial charge on any atom is -0.461 e. The molecule has 0 aromatic rings. The van der Waals surface area contributed by atoms with Gasteiger partial charge < -0.3 is 30.5 Å². The molecule has 5 N–H and O–H groups in total. The minimum atomic E-state index is -0.885. The topological polar surface area (TPSA) is 139 Å². The molecule has 1 aliphatic carbocycles. The summed E-state index contributed by atoms with van der Waals surface area (Å²) >= 11 is 0. The van der Waals surface area contributed by atoms with E-state index >= 15 is 0 Å². The summed E-state index contributed by atoms with van der Waals surface area (Å²) in [7, 11) is 0. The number of hydrogen-bond donors (Lipinski definition) is 4. The number of aliphatic hydroxyl groups excluding tert-OH is 3. The molecule has 2 aliphatic rings. The van der Waals surface area contributed by atoms with Crippen LogP contribution in [-0.2, 0) is 14.3 Å². The molecule has 2 rings (SSSR count). The summed E-state index contributed by atoms with van der Waals surface area (Å²) in [6.07, 6.45) is 6.44. The van der Waals surface area contributed by atoms with Crippen molar-refractivity contribution in [2.75, 3.05) is 0 Å². The van der Waals surface area contributed by atoms with Gasteiger partial charge in [0.25, 0.3) is 0 Å². The molecule has 0 aromatic carbocycles. The van der Waals surface area contributed by atoms with E-state index in [1.54, 1.807) is 19.1 Å². The van der Waals surface area contributed by atoms with Crippen LogP contribution in [0.2, 0.25) is 0 Å². The molecular weight excluding hydrogens is 522 g/mol. The molecule has 1 saturated carbocycles. The molecular formula is C33H53NO7. The Morgan fingerprint density at radius 1 is 1.10 bits per heavy atom. The maximum absolute atomic E-state index is 12.1. The van der Waals surface area contributed by atoms with Gasteiger partial charge in [0.15, 0.2) is 0 Å². The van der Waals surface area contributed by atoms with Gasteiger partial charge in [0, 0.05) is 24.2 Å². The lowest BCUT2D eigenvalue weighted by Gasteiger charge is -2.36. The average molecular weight is 576 g/mol. The van der Waals surface area contributed by atoms with Crippen LogP contribution in [0.5, 0.6) is 0 Å². The number of carbonyl (C=O) groups excluding carboxylic acids is 2. The lowest BCUT2D eigenvalue weighted by molar-refractivity contribution is -0.176. The van der Waals surface area contributed by atoms with Gasteiger partial charge in [0.1, 0.15) is 12.2 Å². The van der Waals surface area contributed by atoms with Crippen molar-refractivity contribution < 1.29 is 34.4 Å². The second-order valence-electron chi connectivity index (χ2n) is 12.7.